The van der Waals surface area contributed by atoms with E-state index in [0.29, 0.717) is 15.7 Å². The largest absolute Gasteiger partial charge is 0.321 e. The van der Waals surface area contributed by atoms with E-state index in [9.17, 15) is 4.79 Å². The molecule has 3 nitrogen and oxygen atoms in total. The van der Waals surface area contributed by atoms with Crippen molar-refractivity contribution in [2.24, 2.45) is 0 Å². The van der Waals surface area contributed by atoms with Crippen molar-refractivity contribution in [3.05, 3.63) is 63.6 Å². The molecule has 0 aliphatic rings. The summed E-state index contributed by atoms with van der Waals surface area (Å²) in [6.45, 7) is 0. The third-order valence-corrected chi connectivity index (χ3v) is 4.72. The molecule has 0 aliphatic carbocycles. The summed E-state index contributed by atoms with van der Waals surface area (Å²) in [7, 11) is 0. The number of thiazole rings is 1. The first-order chi connectivity index (χ1) is 10.6. The van der Waals surface area contributed by atoms with Gasteiger partial charge in [-0.15, -0.1) is 11.3 Å². The van der Waals surface area contributed by atoms with Crippen LogP contribution >= 0.6 is 34.5 Å². The van der Waals surface area contributed by atoms with Gasteiger partial charge in [-0.2, -0.15) is 0 Å². The van der Waals surface area contributed by atoms with Crippen LogP contribution in [0.25, 0.3) is 16.3 Å². The standard InChI is InChI=1S/C16H10Cl2N2OS/c17-10-4-3-6-12(16(10)18)19-14(21)8-9-15-20-11-5-1-2-7-13(11)22-15/h1-9H,(H,19,21)/b9-8+. The smallest absolute Gasteiger partial charge is 0.248 e. The van der Waals surface area contributed by atoms with Gasteiger partial charge in [0.1, 0.15) is 5.01 Å². The maximum absolute atomic E-state index is 11.9. The van der Waals surface area contributed by atoms with E-state index >= 15 is 0 Å². The molecule has 1 aromatic heterocycles. The molecule has 22 heavy (non-hydrogen) atoms. The van der Waals surface area contributed by atoms with Gasteiger partial charge in [-0.25, -0.2) is 4.98 Å². The van der Waals surface area contributed by atoms with Gasteiger partial charge in [0.05, 0.1) is 25.9 Å². The SMILES string of the molecule is O=C(/C=C/c1nc2ccccc2s1)Nc1cccc(Cl)c1Cl. The third kappa shape index (κ3) is 3.30. The number of hydrogen-bond donors (Lipinski definition) is 1. The van der Waals surface area contributed by atoms with Crippen molar-refractivity contribution in [2.75, 3.05) is 5.32 Å². The van der Waals surface area contributed by atoms with Crippen molar-refractivity contribution in [2.45, 2.75) is 0 Å². The minimum atomic E-state index is -0.288. The van der Waals surface area contributed by atoms with Crippen LogP contribution in [0.15, 0.2) is 48.5 Å². The summed E-state index contributed by atoms with van der Waals surface area (Å²) in [5.74, 6) is -0.288. The van der Waals surface area contributed by atoms with Crippen LogP contribution in [0.2, 0.25) is 10.0 Å². The fourth-order valence-corrected chi connectivity index (χ4v) is 3.10. The molecule has 1 amide bonds. The van der Waals surface area contributed by atoms with Gasteiger partial charge in [-0.05, 0) is 30.3 Å². The fourth-order valence-electron chi connectivity index (χ4n) is 1.88. The number of hydrogen-bond acceptors (Lipinski definition) is 3. The zero-order chi connectivity index (χ0) is 15.5. The van der Waals surface area contributed by atoms with Crippen LogP contribution in [0.3, 0.4) is 0 Å². The Labute approximate surface area is 141 Å². The number of aromatic nitrogens is 1. The first kappa shape index (κ1) is 15.0. The van der Waals surface area contributed by atoms with Gasteiger partial charge < -0.3 is 5.32 Å². The van der Waals surface area contributed by atoms with E-state index < -0.39 is 0 Å². The summed E-state index contributed by atoms with van der Waals surface area (Å²) in [6.07, 6.45) is 3.10. The molecule has 1 heterocycles. The summed E-state index contributed by atoms with van der Waals surface area (Å²) < 4.78 is 1.08. The third-order valence-electron chi connectivity index (χ3n) is 2.90. The van der Waals surface area contributed by atoms with Crippen LogP contribution < -0.4 is 5.32 Å². The molecule has 0 spiro atoms. The Morgan fingerprint density at radius 3 is 2.77 bits per heavy atom. The van der Waals surface area contributed by atoms with Crippen molar-refractivity contribution < 1.29 is 4.79 Å². The van der Waals surface area contributed by atoms with E-state index in [0.717, 1.165) is 15.2 Å². The van der Waals surface area contributed by atoms with Gasteiger partial charge in [0.2, 0.25) is 5.91 Å². The molecule has 0 unspecified atom stereocenters. The molecule has 0 saturated heterocycles. The Morgan fingerprint density at radius 1 is 1.14 bits per heavy atom. The normalized spacial score (nSPS) is 11.2. The highest BCUT2D eigenvalue weighted by atomic mass is 35.5. The molecular formula is C16H10Cl2N2OS. The minimum absolute atomic E-state index is 0.288. The number of nitrogens with one attached hydrogen (secondary N) is 1. The van der Waals surface area contributed by atoms with Crippen LogP contribution in [0.5, 0.6) is 0 Å². The predicted octanol–water partition coefficient (Wildman–Crippen LogP) is 5.26. The van der Waals surface area contributed by atoms with Crippen molar-refractivity contribution in [1.82, 2.24) is 4.98 Å². The number of nitrogens with zero attached hydrogens (tertiary/aromatic N) is 1. The summed E-state index contributed by atoms with van der Waals surface area (Å²) in [5, 5.41) is 4.18. The van der Waals surface area contributed by atoms with E-state index in [2.05, 4.69) is 10.3 Å². The molecule has 3 rings (SSSR count). The Balaban J connectivity index is 1.74. The van der Waals surface area contributed by atoms with E-state index in [4.69, 9.17) is 23.2 Å². The van der Waals surface area contributed by atoms with Gasteiger partial charge in [0.15, 0.2) is 0 Å². The summed E-state index contributed by atoms with van der Waals surface area (Å²) >= 11 is 13.5. The number of para-hydroxylation sites is 1. The molecule has 3 aromatic rings. The van der Waals surface area contributed by atoms with Crippen molar-refractivity contribution in [3.63, 3.8) is 0 Å². The molecule has 110 valence electrons. The predicted molar refractivity (Wildman–Crippen MR) is 93.7 cm³/mol. The maximum Gasteiger partial charge on any atom is 0.248 e. The monoisotopic (exact) mass is 348 g/mol. The van der Waals surface area contributed by atoms with Crippen LogP contribution in [-0.2, 0) is 4.79 Å². The zero-order valence-electron chi connectivity index (χ0n) is 11.2. The van der Waals surface area contributed by atoms with Gasteiger partial charge in [-0.3, -0.25) is 4.79 Å². The van der Waals surface area contributed by atoms with E-state index in [1.807, 2.05) is 24.3 Å². The van der Waals surface area contributed by atoms with E-state index in [-0.39, 0.29) is 5.91 Å². The zero-order valence-corrected chi connectivity index (χ0v) is 13.5. The highest BCUT2D eigenvalue weighted by molar-refractivity contribution is 7.19. The van der Waals surface area contributed by atoms with E-state index in [1.54, 1.807) is 24.3 Å². The molecule has 0 bridgehead atoms. The Kier molecular flexibility index (Phi) is 4.43. The number of rotatable bonds is 3. The second-order valence-corrected chi connectivity index (χ2v) is 6.29. The average Bonchev–Trinajstić information content (AvgIpc) is 2.93. The lowest BCUT2D eigenvalue weighted by Gasteiger charge is -2.05. The summed E-state index contributed by atoms with van der Waals surface area (Å²) in [5.41, 5.74) is 1.40. The Bertz CT molecular complexity index is 840. The number of halogens is 2. The second-order valence-electron chi connectivity index (χ2n) is 4.44. The molecule has 1 N–H and O–H groups in total. The molecule has 2 aromatic carbocycles. The summed E-state index contributed by atoms with van der Waals surface area (Å²) in [4.78, 5) is 16.4. The second kappa shape index (κ2) is 6.48. The molecule has 0 fully saturated rings. The van der Waals surface area contributed by atoms with Crippen LogP contribution in [0.1, 0.15) is 5.01 Å². The highest BCUT2D eigenvalue weighted by Gasteiger charge is 2.06. The van der Waals surface area contributed by atoms with Gasteiger partial charge >= 0.3 is 0 Å². The van der Waals surface area contributed by atoms with Gasteiger partial charge in [-0.1, -0.05) is 41.4 Å². The molecular weight excluding hydrogens is 339 g/mol. The lowest BCUT2D eigenvalue weighted by molar-refractivity contribution is -0.111. The Morgan fingerprint density at radius 2 is 1.95 bits per heavy atom. The molecule has 6 heteroatoms. The number of carbonyl (C=O) groups is 1. The van der Waals surface area contributed by atoms with Crippen molar-refractivity contribution in [1.29, 1.82) is 0 Å². The van der Waals surface area contributed by atoms with Crippen LogP contribution in [0, 0.1) is 0 Å². The van der Waals surface area contributed by atoms with Crippen molar-refractivity contribution >= 4 is 62.4 Å². The molecule has 0 radical (unpaired) electrons. The first-order valence-electron chi connectivity index (χ1n) is 6.42. The number of fused-ring (bicyclic) bond motifs is 1. The quantitative estimate of drug-likeness (QED) is 0.656. The molecule has 0 atom stereocenters. The molecule has 0 aliphatic heterocycles. The Hall–Kier alpha value is -1.88. The number of benzene rings is 2. The van der Waals surface area contributed by atoms with Crippen LogP contribution in [0.4, 0.5) is 5.69 Å². The summed E-state index contributed by atoms with van der Waals surface area (Å²) in [6, 6.07) is 12.9. The lowest BCUT2D eigenvalue weighted by Crippen LogP contribution is -2.08. The first-order valence-corrected chi connectivity index (χ1v) is 7.99. The highest BCUT2D eigenvalue weighted by Crippen LogP contribution is 2.29. The topological polar surface area (TPSA) is 42.0 Å². The molecule has 0 saturated carbocycles. The number of carbonyl (C=O) groups excluding carboxylic acids is 1. The number of amides is 1. The number of anilines is 1. The van der Waals surface area contributed by atoms with Gasteiger partial charge in [0, 0.05) is 6.08 Å². The minimum Gasteiger partial charge on any atom is -0.321 e. The maximum atomic E-state index is 11.9. The van der Waals surface area contributed by atoms with Crippen LogP contribution in [-0.4, -0.2) is 10.9 Å². The van der Waals surface area contributed by atoms with Crippen molar-refractivity contribution in [3.8, 4) is 0 Å². The average molecular weight is 349 g/mol. The fraction of sp³-hybridized carbons (Fsp3) is 0. The lowest BCUT2D eigenvalue weighted by atomic mass is 10.3. The van der Waals surface area contributed by atoms with E-state index in [1.165, 1.54) is 17.4 Å². The van der Waals surface area contributed by atoms with Gasteiger partial charge in [0.25, 0.3) is 0 Å².